The van der Waals surface area contributed by atoms with Crippen molar-refractivity contribution in [2.75, 3.05) is 0 Å². The van der Waals surface area contributed by atoms with Crippen LogP contribution in [-0.2, 0) is 16.5 Å². The molecule has 1 fully saturated rings. The normalized spacial score (nSPS) is 27.3. The quantitative estimate of drug-likeness (QED) is 0.179. The highest BCUT2D eigenvalue weighted by atomic mass is 28.5. The number of benzene rings is 4. The number of rotatable bonds is 8. The van der Waals surface area contributed by atoms with Crippen molar-refractivity contribution in [2.45, 2.75) is 26.2 Å². The fourth-order valence-corrected chi connectivity index (χ4v) is 25.9. The second-order valence-corrected chi connectivity index (χ2v) is 24.7. The first-order valence-electron chi connectivity index (χ1n) is 14.7. The minimum atomic E-state index is -3.32. The largest absolute Gasteiger partial charge is 0.409 e. The van der Waals surface area contributed by atoms with Gasteiger partial charge in [-0.2, -0.15) is 0 Å². The van der Waals surface area contributed by atoms with Gasteiger partial charge in [-0.25, -0.2) is 0 Å². The van der Waals surface area contributed by atoms with Gasteiger partial charge in [0.05, 0.1) is 0 Å². The molecule has 1 aliphatic rings. The highest BCUT2D eigenvalue weighted by Gasteiger charge is 2.59. The van der Waals surface area contributed by atoms with E-state index < -0.39 is 34.2 Å². The molecule has 0 spiro atoms. The van der Waals surface area contributed by atoms with E-state index in [1.807, 2.05) is 109 Å². The van der Waals surface area contributed by atoms with Crippen LogP contribution in [0, 0.1) is 0 Å². The van der Waals surface area contributed by atoms with Crippen LogP contribution < -0.4 is 0 Å². The third-order valence-electron chi connectivity index (χ3n) is 7.96. The lowest BCUT2D eigenvalue weighted by molar-refractivity contribution is 0.255. The molecule has 4 nitrogen and oxygen atoms in total. The molecule has 2 unspecified atom stereocenters. The van der Waals surface area contributed by atoms with Crippen molar-refractivity contribution in [1.29, 1.82) is 0 Å². The zero-order valence-electron chi connectivity index (χ0n) is 26.0. The summed E-state index contributed by atoms with van der Waals surface area (Å²) in [6.45, 7) is 22.0. The molecule has 1 aliphatic heterocycles. The zero-order valence-corrected chi connectivity index (χ0v) is 30.0. The smallest absolute Gasteiger partial charge is 0.352 e. The number of hydrogen-bond donors (Lipinski definition) is 0. The Bertz CT molecular complexity index is 1590. The Morgan fingerprint density at radius 1 is 0.455 bits per heavy atom. The van der Waals surface area contributed by atoms with E-state index >= 15 is 0 Å². The van der Waals surface area contributed by atoms with Crippen molar-refractivity contribution in [1.82, 2.24) is 0 Å². The molecule has 8 heteroatoms. The van der Waals surface area contributed by atoms with Crippen molar-refractivity contribution in [3.05, 3.63) is 169 Å². The molecule has 0 saturated carbocycles. The molecule has 44 heavy (non-hydrogen) atoms. The van der Waals surface area contributed by atoms with Crippen LogP contribution in [0.3, 0.4) is 0 Å². The molecule has 224 valence electrons. The molecule has 0 radical (unpaired) electrons. The minimum Gasteiger partial charge on any atom is -0.409 e. The van der Waals surface area contributed by atoms with Gasteiger partial charge in [0.15, 0.2) is 0 Å². The molecular formula is C36H40O4Si4. The van der Waals surface area contributed by atoms with Gasteiger partial charge in [-0.1, -0.05) is 147 Å². The first-order valence-corrected chi connectivity index (χ1v) is 24.1. The summed E-state index contributed by atoms with van der Waals surface area (Å²) in [6.07, 6.45) is 2.08. The fraction of sp³-hybridized carbons (Fsp3) is 0.111. The summed E-state index contributed by atoms with van der Waals surface area (Å²) in [5.41, 5.74) is 6.07. The lowest BCUT2D eigenvalue weighted by Gasteiger charge is -2.50. The molecule has 4 aromatic rings. The first-order chi connectivity index (χ1) is 21.0. The van der Waals surface area contributed by atoms with E-state index in [4.69, 9.17) is 16.5 Å². The van der Waals surface area contributed by atoms with Crippen molar-refractivity contribution >= 4 is 55.9 Å². The second kappa shape index (κ2) is 12.9. The average Bonchev–Trinajstić information content (AvgIpc) is 3.03. The van der Waals surface area contributed by atoms with Crippen LogP contribution >= 0.6 is 0 Å². The topological polar surface area (TPSA) is 36.9 Å². The Hall–Kier alpha value is -3.45. The standard InChI is InChI=1S/C36H40O4Si4/c1-30(34-22-14-9-15-23-34)42(5)37-41(4,29-28-33-20-12-8-13-21-33)38-43(6,31(2)35-24-16-10-17-25-35)40-44(7,39-42)32(3)36-26-18-11-19-27-36/h8-29H,1-3H2,4-7H3/b29-28+. The van der Waals surface area contributed by atoms with Gasteiger partial charge in [-0.3, -0.25) is 0 Å². The molecule has 1 saturated heterocycles. The zero-order chi connectivity index (χ0) is 31.4. The minimum absolute atomic E-state index is 0.814. The van der Waals surface area contributed by atoms with Crippen molar-refractivity contribution in [3.63, 3.8) is 0 Å². The summed E-state index contributed by atoms with van der Waals surface area (Å²) in [5, 5.41) is 2.46. The number of hydrogen-bond acceptors (Lipinski definition) is 4. The molecule has 0 aromatic heterocycles. The van der Waals surface area contributed by atoms with Crippen molar-refractivity contribution < 1.29 is 16.5 Å². The van der Waals surface area contributed by atoms with Crippen molar-refractivity contribution in [2.24, 2.45) is 0 Å². The molecule has 5 rings (SSSR count). The van der Waals surface area contributed by atoms with Gasteiger partial charge in [0.25, 0.3) is 0 Å². The highest BCUT2D eigenvalue weighted by Crippen LogP contribution is 2.44. The molecule has 0 aliphatic carbocycles. The SMILES string of the molecule is C=C(c1ccccc1)[Si]1(C)O[Si](C)(/C=C/c2ccccc2)O[Si](C)(C(=C)c2ccccc2)O[Si](C)(C(=C)c2ccccc2)O1. The molecule has 1 heterocycles. The van der Waals surface area contributed by atoms with E-state index in [-0.39, 0.29) is 0 Å². The Balaban J connectivity index is 1.68. The monoisotopic (exact) mass is 648 g/mol. The molecule has 0 bridgehead atoms. The van der Waals surface area contributed by atoms with Crippen LogP contribution in [0.5, 0.6) is 0 Å². The summed E-state index contributed by atoms with van der Waals surface area (Å²) in [6, 6.07) is 40.5. The van der Waals surface area contributed by atoms with Crippen molar-refractivity contribution in [3.8, 4) is 0 Å². The maximum Gasteiger partial charge on any atom is 0.352 e. The Labute approximate surface area is 266 Å². The molecule has 2 atom stereocenters. The van der Waals surface area contributed by atoms with Crippen LogP contribution in [0.4, 0.5) is 0 Å². The fourth-order valence-electron chi connectivity index (χ4n) is 5.55. The predicted molar refractivity (Wildman–Crippen MR) is 193 cm³/mol. The van der Waals surface area contributed by atoms with E-state index in [0.29, 0.717) is 0 Å². The molecule has 4 aromatic carbocycles. The third-order valence-corrected chi connectivity index (χ3v) is 25.5. The van der Waals surface area contributed by atoms with Crippen LogP contribution in [-0.4, -0.2) is 34.2 Å². The lowest BCUT2D eigenvalue weighted by atomic mass is 10.2. The van der Waals surface area contributed by atoms with E-state index in [1.165, 1.54) is 0 Å². The lowest BCUT2D eigenvalue weighted by Crippen LogP contribution is -2.68. The summed E-state index contributed by atoms with van der Waals surface area (Å²) < 4.78 is 29.4. The summed E-state index contributed by atoms with van der Waals surface area (Å²) in [7, 11) is -13.1. The Morgan fingerprint density at radius 2 is 0.750 bits per heavy atom. The van der Waals surface area contributed by atoms with E-state index in [1.54, 1.807) is 0 Å². The van der Waals surface area contributed by atoms with Gasteiger partial charge in [-0.15, -0.1) is 0 Å². The first kappa shape index (κ1) is 32.0. The van der Waals surface area contributed by atoms with Gasteiger partial charge in [0.2, 0.25) is 0 Å². The van der Waals surface area contributed by atoms with Gasteiger partial charge in [0, 0.05) is 0 Å². The van der Waals surface area contributed by atoms with Crippen LogP contribution in [0.2, 0.25) is 26.2 Å². The Kier molecular flexibility index (Phi) is 9.35. The highest BCUT2D eigenvalue weighted by molar-refractivity contribution is 7.07. The summed E-state index contributed by atoms with van der Waals surface area (Å²) >= 11 is 0. The molecular weight excluding hydrogens is 609 g/mol. The van der Waals surface area contributed by atoms with Crippen LogP contribution in [0.15, 0.2) is 147 Å². The van der Waals surface area contributed by atoms with E-state index in [0.717, 1.165) is 37.8 Å². The molecule has 0 amide bonds. The van der Waals surface area contributed by atoms with Gasteiger partial charge < -0.3 is 16.5 Å². The summed E-state index contributed by atoms with van der Waals surface area (Å²) in [5.74, 6) is 0. The van der Waals surface area contributed by atoms with E-state index in [2.05, 4.69) is 69.8 Å². The predicted octanol–water partition coefficient (Wildman–Crippen LogP) is 9.36. The Morgan fingerprint density at radius 3 is 1.09 bits per heavy atom. The third kappa shape index (κ3) is 6.93. The average molecular weight is 649 g/mol. The maximum atomic E-state index is 7.38. The molecule has 0 N–H and O–H groups in total. The summed E-state index contributed by atoms with van der Waals surface area (Å²) in [4.78, 5) is 0. The van der Waals surface area contributed by atoms with Gasteiger partial charge in [-0.05, 0) is 69.7 Å². The van der Waals surface area contributed by atoms with Crippen LogP contribution in [0.1, 0.15) is 22.3 Å². The maximum absolute atomic E-state index is 7.38. The second-order valence-electron chi connectivity index (χ2n) is 11.5. The van der Waals surface area contributed by atoms with E-state index in [9.17, 15) is 0 Å². The van der Waals surface area contributed by atoms with Crippen LogP contribution in [0.25, 0.3) is 21.7 Å². The van der Waals surface area contributed by atoms with Gasteiger partial charge in [0.1, 0.15) is 0 Å². The van der Waals surface area contributed by atoms with Gasteiger partial charge >= 0.3 is 34.2 Å².